The SMILES string of the molecule is CCC1(CNC(=O)NC(C)(C)C(C)(C)C(=O)O)CCC1. The summed E-state index contributed by atoms with van der Waals surface area (Å²) in [7, 11) is 0. The number of carboxylic acids is 1. The molecule has 0 aromatic carbocycles. The molecule has 0 spiro atoms. The Morgan fingerprint density at radius 2 is 1.75 bits per heavy atom. The predicted octanol–water partition coefficient (Wildman–Crippen LogP) is 2.76. The van der Waals surface area contributed by atoms with E-state index in [1.807, 2.05) is 0 Å². The largest absolute Gasteiger partial charge is 0.481 e. The molecule has 1 aliphatic rings. The number of carboxylic acid groups (broad SMARTS) is 1. The van der Waals surface area contributed by atoms with Gasteiger partial charge in [0.25, 0.3) is 0 Å². The zero-order valence-electron chi connectivity index (χ0n) is 13.3. The molecule has 2 amide bonds. The van der Waals surface area contributed by atoms with Gasteiger partial charge in [-0.15, -0.1) is 0 Å². The Morgan fingerprint density at radius 1 is 1.20 bits per heavy atom. The van der Waals surface area contributed by atoms with Gasteiger partial charge in [0.1, 0.15) is 0 Å². The average molecular weight is 284 g/mol. The van der Waals surface area contributed by atoms with Gasteiger partial charge in [0.2, 0.25) is 0 Å². The van der Waals surface area contributed by atoms with Crippen molar-refractivity contribution in [2.75, 3.05) is 6.54 Å². The molecular weight excluding hydrogens is 256 g/mol. The maximum Gasteiger partial charge on any atom is 0.315 e. The van der Waals surface area contributed by atoms with Gasteiger partial charge >= 0.3 is 12.0 Å². The number of urea groups is 1. The van der Waals surface area contributed by atoms with Crippen LogP contribution in [0.2, 0.25) is 0 Å². The van der Waals surface area contributed by atoms with E-state index in [9.17, 15) is 14.7 Å². The van der Waals surface area contributed by atoms with Gasteiger partial charge in [-0.25, -0.2) is 4.79 Å². The van der Waals surface area contributed by atoms with E-state index in [0.717, 1.165) is 19.3 Å². The Labute approximate surface area is 121 Å². The first-order valence-electron chi connectivity index (χ1n) is 7.36. The van der Waals surface area contributed by atoms with Crippen molar-refractivity contribution in [3.8, 4) is 0 Å². The fourth-order valence-corrected chi connectivity index (χ4v) is 2.35. The Kier molecular flexibility index (Phi) is 4.72. The van der Waals surface area contributed by atoms with Crippen molar-refractivity contribution in [3.05, 3.63) is 0 Å². The lowest BCUT2D eigenvalue weighted by Crippen LogP contribution is -2.59. The van der Waals surface area contributed by atoms with Crippen molar-refractivity contribution in [3.63, 3.8) is 0 Å². The van der Waals surface area contributed by atoms with Crippen LogP contribution in [0, 0.1) is 10.8 Å². The van der Waals surface area contributed by atoms with E-state index < -0.39 is 16.9 Å². The number of nitrogens with one attached hydrogen (secondary N) is 2. The van der Waals surface area contributed by atoms with Gasteiger partial charge in [0.05, 0.1) is 11.0 Å². The predicted molar refractivity (Wildman–Crippen MR) is 78.6 cm³/mol. The minimum atomic E-state index is -1.04. The molecule has 0 aromatic rings. The van der Waals surface area contributed by atoms with Crippen LogP contribution < -0.4 is 10.6 Å². The molecule has 0 atom stereocenters. The van der Waals surface area contributed by atoms with Crippen LogP contribution in [0.4, 0.5) is 4.79 Å². The number of carbonyl (C=O) groups is 2. The molecule has 20 heavy (non-hydrogen) atoms. The zero-order chi connectivity index (χ0) is 15.6. The van der Waals surface area contributed by atoms with E-state index >= 15 is 0 Å². The number of amides is 2. The summed E-state index contributed by atoms with van der Waals surface area (Å²) in [6, 6.07) is -0.288. The summed E-state index contributed by atoms with van der Waals surface area (Å²) in [6.07, 6.45) is 4.62. The standard InChI is InChI=1S/C15H28N2O3/c1-6-15(8-7-9-15)10-16-12(20)17-14(4,5)13(2,3)11(18)19/h6-10H2,1-5H3,(H,18,19)(H2,16,17,20). The smallest absolute Gasteiger partial charge is 0.315 e. The van der Waals surface area contributed by atoms with Crippen LogP contribution in [0.1, 0.15) is 60.3 Å². The molecular formula is C15H28N2O3. The third-order valence-corrected chi connectivity index (χ3v) is 5.31. The average Bonchev–Trinajstić information content (AvgIpc) is 2.27. The second kappa shape index (κ2) is 5.62. The Balaban J connectivity index is 2.55. The molecule has 0 aromatic heterocycles. The highest BCUT2D eigenvalue weighted by molar-refractivity contribution is 5.79. The number of rotatable bonds is 6. The normalized spacial score (nSPS) is 18.1. The quantitative estimate of drug-likeness (QED) is 0.701. The molecule has 5 heteroatoms. The number of aliphatic carboxylic acids is 1. The molecule has 3 N–H and O–H groups in total. The van der Waals surface area contributed by atoms with Gasteiger partial charge in [0.15, 0.2) is 0 Å². The molecule has 0 aliphatic heterocycles. The molecule has 1 rings (SSSR count). The first-order valence-corrected chi connectivity index (χ1v) is 7.36. The van der Waals surface area contributed by atoms with Crippen molar-refractivity contribution >= 4 is 12.0 Å². The number of hydrogen-bond acceptors (Lipinski definition) is 2. The summed E-state index contributed by atoms with van der Waals surface area (Å²) < 4.78 is 0. The van der Waals surface area contributed by atoms with Crippen molar-refractivity contribution in [1.29, 1.82) is 0 Å². The van der Waals surface area contributed by atoms with Crippen LogP contribution in [-0.4, -0.2) is 29.2 Å². The van der Waals surface area contributed by atoms with E-state index in [2.05, 4.69) is 17.6 Å². The molecule has 0 saturated heterocycles. The summed E-state index contributed by atoms with van der Waals surface area (Å²) in [5.74, 6) is -0.924. The molecule has 0 heterocycles. The number of carbonyl (C=O) groups excluding carboxylic acids is 1. The van der Waals surface area contributed by atoms with E-state index in [1.54, 1.807) is 27.7 Å². The van der Waals surface area contributed by atoms with Crippen molar-refractivity contribution in [2.45, 2.75) is 65.8 Å². The fraction of sp³-hybridized carbons (Fsp3) is 0.867. The first-order chi connectivity index (χ1) is 9.06. The number of hydrogen-bond donors (Lipinski definition) is 3. The van der Waals surface area contributed by atoms with Gasteiger partial charge in [-0.3, -0.25) is 4.79 Å². The Morgan fingerprint density at radius 3 is 2.10 bits per heavy atom. The van der Waals surface area contributed by atoms with Gasteiger partial charge < -0.3 is 15.7 Å². The maximum absolute atomic E-state index is 12.0. The molecule has 1 fully saturated rings. The summed E-state index contributed by atoms with van der Waals surface area (Å²) in [4.78, 5) is 23.3. The summed E-state index contributed by atoms with van der Waals surface area (Å²) >= 11 is 0. The third-order valence-electron chi connectivity index (χ3n) is 5.31. The van der Waals surface area contributed by atoms with Gasteiger partial charge in [-0.2, -0.15) is 0 Å². The minimum absolute atomic E-state index is 0.254. The summed E-state index contributed by atoms with van der Waals surface area (Å²) in [5, 5.41) is 15.0. The Bertz CT molecular complexity index is 379. The Hall–Kier alpha value is -1.26. The zero-order valence-corrected chi connectivity index (χ0v) is 13.3. The van der Waals surface area contributed by atoms with E-state index in [0.29, 0.717) is 6.54 Å². The van der Waals surface area contributed by atoms with Crippen molar-refractivity contribution in [1.82, 2.24) is 10.6 Å². The van der Waals surface area contributed by atoms with E-state index in [4.69, 9.17) is 0 Å². The van der Waals surface area contributed by atoms with Crippen LogP contribution in [-0.2, 0) is 4.79 Å². The molecule has 0 bridgehead atoms. The monoisotopic (exact) mass is 284 g/mol. The summed E-state index contributed by atoms with van der Waals surface area (Å²) in [5.41, 5.74) is -1.62. The molecule has 0 radical (unpaired) electrons. The van der Waals surface area contributed by atoms with Gasteiger partial charge in [-0.05, 0) is 52.4 Å². The van der Waals surface area contributed by atoms with Crippen LogP contribution in [0.25, 0.3) is 0 Å². The van der Waals surface area contributed by atoms with E-state index in [-0.39, 0.29) is 11.4 Å². The summed E-state index contributed by atoms with van der Waals surface area (Å²) in [6.45, 7) is 9.53. The lowest BCUT2D eigenvalue weighted by Gasteiger charge is -2.42. The molecule has 5 nitrogen and oxygen atoms in total. The molecule has 0 unspecified atom stereocenters. The highest BCUT2D eigenvalue weighted by Gasteiger charge is 2.44. The van der Waals surface area contributed by atoms with Crippen LogP contribution >= 0.6 is 0 Å². The molecule has 1 aliphatic carbocycles. The van der Waals surface area contributed by atoms with Gasteiger partial charge in [0, 0.05) is 6.54 Å². The van der Waals surface area contributed by atoms with E-state index in [1.165, 1.54) is 6.42 Å². The van der Waals surface area contributed by atoms with Crippen molar-refractivity contribution < 1.29 is 14.7 Å². The molecule has 116 valence electrons. The minimum Gasteiger partial charge on any atom is -0.481 e. The second-order valence-electron chi connectivity index (χ2n) is 7.07. The first kappa shape index (κ1) is 16.8. The molecule has 1 saturated carbocycles. The van der Waals surface area contributed by atoms with Crippen molar-refractivity contribution in [2.24, 2.45) is 10.8 Å². The lowest BCUT2D eigenvalue weighted by molar-refractivity contribution is -0.150. The highest BCUT2D eigenvalue weighted by atomic mass is 16.4. The second-order valence-corrected chi connectivity index (χ2v) is 7.07. The highest BCUT2D eigenvalue weighted by Crippen LogP contribution is 2.43. The maximum atomic E-state index is 12.0. The van der Waals surface area contributed by atoms with Gasteiger partial charge in [-0.1, -0.05) is 13.3 Å². The van der Waals surface area contributed by atoms with Crippen LogP contribution in [0.15, 0.2) is 0 Å². The third kappa shape index (κ3) is 3.25. The fourth-order valence-electron chi connectivity index (χ4n) is 2.35. The topological polar surface area (TPSA) is 78.4 Å². The lowest BCUT2D eigenvalue weighted by atomic mass is 9.67. The van der Waals surface area contributed by atoms with Crippen LogP contribution in [0.5, 0.6) is 0 Å². The van der Waals surface area contributed by atoms with Crippen LogP contribution in [0.3, 0.4) is 0 Å².